The highest BCUT2D eigenvalue weighted by atomic mass is 19.1. The third-order valence-electron chi connectivity index (χ3n) is 4.09. The molecule has 0 amide bonds. The van der Waals surface area contributed by atoms with Gasteiger partial charge < -0.3 is 14.8 Å². The van der Waals surface area contributed by atoms with Crippen molar-refractivity contribution in [2.45, 2.75) is 37.6 Å². The molecule has 3 nitrogen and oxygen atoms in total. The molecule has 1 aromatic carbocycles. The molecule has 2 aliphatic heterocycles. The van der Waals surface area contributed by atoms with Gasteiger partial charge in [-0.3, -0.25) is 0 Å². The molecule has 0 radical (unpaired) electrons. The van der Waals surface area contributed by atoms with Gasteiger partial charge in [-0.2, -0.15) is 0 Å². The molecule has 2 saturated heterocycles. The van der Waals surface area contributed by atoms with E-state index in [2.05, 4.69) is 5.32 Å². The largest absolute Gasteiger partial charge is 0.372 e. The van der Waals surface area contributed by atoms with Gasteiger partial charge in [0.2, 0.25) is 0 Å². The van der Waals surface area contributed by atoms with E-state index in [9.17, 15) is 4.39 Å². The van der Waals surface area contributed by atoms with Crippen molar-refractivity contribution in [3.8, 4) is 0 Å². The zero-order valence-electron chi connectivity index (χ0n) is 11.0. The predicted octanol–water partition coefficient (Wildman–Crippen LogP) is 2.25. The summed E-state index contributed by atoms with van der Waals surface area (Å²) in [6.07, 6.45) is 3.30. The Labute approximate surface area is 113 Å². The summed E-state index contributed by atoms with van der Waals surface area (Å²) in [5.41, 5.74) is 1.05. The molecule has 0 saturated carbocycles. The number of piperidine rings is 1. The Balaban J connectivity index is 1.50. The van der Waals surface area contributed by atoms with Crippen LogP contribution in [0.15, 0.2) is 24.3 Å². The normalized spacial score (nSPS) is 25.8. The van der Waals surface area contributed by atoms with E-state index in [1.807, 2.05) is 0 Å². The molecule has 1 unspecified atom stereocenters. The highest BCUT2D eigenvalue weighted by Crippen LogP contribution is 2.35. The van der Waals surface area contributed by atoms with Crippen LogP contribution in [0.1, 0.15) is 24.8 Å². The fraction of sp³-hybridized carbons (Fsp3) is 0.600. The fourth-order valence-corrected chi connectivity index (χ4v) is 2.94. The molecule has 1 N–H and O–H groups in total. The van der Waals surface area contributed by atoms with Gasteiger partial charge >= 0.3 is 0 Å². The van der Waals surface area contributed by atoms with Crippen molar-refractivity contribution < 1.29 is 13.9 Å². The molecule has 104 valence electrons. The molecule has 1 atom stereocenters. The van der Waals surface area contributed by atoms with E-state index in [1.165, 1.54) is 12.1 Å². The van der Waals surface area contributed by atoms with Gasteiger partial charge in [0.15, 0.2) is 0 Å². The first-order valence-corrected chi connectivity index (χ1v) is 6.97. The summed E-state index contributed by atoms with van der Waals surface area (Å²) in [6, 6.07) is 6.48. The first-order valence-electron chi connectivity index (χ1n) is 6.97. The number of halogens is 1. The second kappa shape index (κ2) is 5.57. The van der Waals surface area contributed by atoms with Crippen molar-refractivity contribution in [2.75, 3.05) is 19.7 Å². The number of nitrogens with one attached hydrogen (secondary N) is 1. The van der Waals surface area contributed by atoms with Crippen LogP contribution in [0.2, 0.25) is 0 Å². The molecule has 3 rings (SSSR count). The van der Waals surface area contributed by atoms with Gasteiger partial charge in [0, 0.05) is 6.42 Å². The fourth-order valence-electron chi connectivity index (χ4n) is 2.94. The predicted molar refractivity (Wildman–Crippen MR) is 70.4 cm³/mol. The smallest absolute Gasteiger partial charge is 0.123 e. The second-order valence-corrected chi connectivity index (χ2v) is 5.51. The molecule has 0 aromatic heterocycles. The standard InChI is InChI=1S/C15H20FNO2/c16-13-3-1-12(2-4-13)10-18-14-9-15(19-11-14)5-7-17-8-6-15/h1-4,14,17H,5-11H2. The Hall–Kier alpha value is -0.970. The maximum Gasteiger partial charge on any atom is 0.123 e. The van der Waals surface area contributed by atoms with Crippen LogP contribution < -0.4 is 5.32 Å². The van der Waals surface area contributed by atoms with Crippen molar-refractivity contribution in [3.05, 3.63) is 35.6 Å². The van der Waals surface area contributed by atoms with E-state index >= 15 is 0 Å². The summed E-state index contributed by atoms with van der Waals surface area (Å²) >= 11 is 0. The average molecular weight is 265 g/mol. The Morgan fingerprint density at radius 3 is 2.74 bits per heavy atom. The summed E-state index contributed by atoms with van der Waals surface area (Å²) in [5, 5.41) is 3.36. The Bertz CT molecular complexity index is 415. The van der Waals surface area contributed by atoms with Gasteiger partial charge in [-0.25, -0.2) is 4.39 Å². The highest BCUT2D eigenvalue weighted by molar-refractivity contribution is 5.15. The Morgan fingerprint density at radius 2 is 2.00 bits per heavy atom. The molecule has 1 spiro atoms. The molecular weight excluding hydrogens is 245 g/mol. The third-order valence-corrected chi connectivity index (χ3v) is 4.09. The van der Waals surface area contributed by atoms with E-state index in [4.69, 9.17) is 9.47 Å². The summed E-state index contributed by atoms with van der Waals surface area (Å²) < 4.78 is 24.7. The molecule has 4 heteroatoms. The molecule has 2 heterocycles. The first-order chi connectivity index (χ1) is 9.26. The molecule has 2 fully saturated rings. The van der Waals surface area contributed by atoms with E-state index in [0.717, 1.165) is 37.9 Å². The number of rotatable bonds is 3. The third kappa shape index (κ3) is 3.14. The zero-order valence-corrected chi connectivity index (χ0v) is 11.0. The highest BCUT2D eigenvalue weighted by Gasteiger charge is 2.41. The summed E-state index contributed by atoms with van der Waals surface area (Å²) in [7, 11) is 0. The molecular formula is C15H20FNO2. The Kier molecular flexibility index (Phi) is 3.82. The quantitative estimate of drug-likeness (QED) is 0.909. The lowest BCUT2D eigenvalue weighted by Gasteiger charge is -2.32. The van der Waals surface area contributed by atoms with E-state index in [1.54, 1.807) is 12.1 Å². The zero-order chi connectivity index (χ0) is 13.1. The van der Waals surface area contributed by atoms with Gasteiger partial charge in [0.1, 0.15) is 5.82 Å². The molecule has 2 aliphatic rings. The van der Waals surface area contributed by atoms with Crippen molar-refractivity contribution in [2.24, 2.45) is 0 Å². The minimum Gasteiger partial charge on any atom is -0.372 e. The van der Waals surface area contributed by atoms with Crippen LogP contribution in [0, 0.1) is 5.82 Å². The van der Waals surface area contributed by atoms with E-state index in [0.29, 0.717) is 13.2 Å². The molecule has 1 aromatic rings. The number of ether oxygens (including phenoxy) is 2. The summed E-state index contributed by atoms with van der Waals surface area (Å²) in [6.45, 7) is 3.28. The topological polar surface area (TPSA) is 30.5 Å². The number of hydrogen-bond acceptors (Lipinski definition) is 3. The molecule has 0 bridgehead atoms. The van der Waals surface area contributed by atoms with Crippen LogP contribution in [-0.2, 0) is 16.1 Å². The maximum absolute atomic E-state index is 12.8. The lowest BCUT2D eigenvalue weighted by Crippen LogP contribution is -2.41. The SMILES string of the molecule is Fc1ccc(COC2COC3(CCNCC3)C2)cc1. The number of hydrogen-bond donors (Lipinski definition) is 1. The van der Waals surface area contributed by atoms with Crippen LogP contribution >= 0.6 is 0 Å². The Morgan fingerprint density at radius 1 is 1.26 bits per heavy atom. The van der Waals surface area contributed by atoms with Crippen LogP contribution in [0.5, 0.6) is 0 Å². The monoisotopic (exact) mass is 265 g/mol. The van der Waals surface area contributed by atoms with Crippen molar-refractivity contribution in [1.29, 1.82) is 0 Å². The van der Waals surface area contributed by atoms with Gasteiger partial charge in [-0.05, 0) is 43.6 Å². The van der Waals surface area contributed by atoms with Crippen molar-refractivity contribution >= 4 is 0 Å². The summed E-state index contributed by atoms with van der Waals surface area (Å²) in [5.74, 6) is -0.207. The van der Waals surface area contributed by atoms with Gasteiger partial charge in [-0.1, -0.05) is 12.1 Å². The minimum atomic E-state index is -0.207. The lowest BCUT2D eigenvalue weighted by atomic mass is 9.89. The minimum absolute atomic E-state index is 0.0404. The molecule has 19 heavy (non-hydrogen) atoms. The van der Waals surface area contributed by atoms with Gasteiger partial charge in [0.05, 0.1) is 24.9 Å². The van der Waals surface area contributed by atoms with Crippen LogP contribution in [0.25, 0.3) is 0 Å². The first kappa shape index (κ1) is 13.0. The molecule has 0 aliphatic carbocycles. The van der Waals surface area contributed by atoms with E-state index < -0.39 is 0 Å². The van der Waals surface area contributed by atoms with E-state index in [-0.39, 0.29) is 17.5 Å². The van der Waals surface area contributed by atoms with Gasteiger partial charge in [-0.15, -0.1) is 0 Å². The van der Waals surface area contributed by atoms with Gasteiger partial charge in [0.25, 0.3) is 0 Å². The second-order valence-electron chi connectivity index (χ2n) is 5.51. The number of benzene rings is 1. The average Bonchev–Trinajstić information content (AvgIpc) is 2.82. The maximum atomic E-state index is 12.8. The van der Waals surface area contributed by atoms with Crippen LogP contribution in [0.3, 0.4) is 0 Å². The lowest BCUT2D eigenvalue weighted by molar-refractivity contribution is -0.0240. The van der Waals surface area contributed by atoms with Crippen molar-refractivity contribution in [1.82, 2.24) is 5.32 Å². The van der Waals surface area contributed by atoms with Crippen LogP contribution in [-0.4, -0.2) is 31.4 Å². The van der Waals surface area contributed by atoms with Crippen molar-refractivity contribution in [3.63, 3.8) is 0 Å². The summed E-state index contributed by atoms with van der Waals surface area (Å²) in [4.78, 5) is 0. The van der Waals surface area contributed by atoms with Crippen LogP contribution in [0.4, 0.5) is 4.39 Å².